The average Bonchev–Trinajstić information content (AvgIpc) is 2.91. The molecule has 1 amide bonds. The highest BCUT2D eigenvalue weighted by molar-refractivity contribution is 7.92. The first-order valence-electron chi connectivity index (χ1n) is 7.62. The Morgan fingerprint density at radius 1 is 1.36 bits per heavy atom. The Morgan fingerprint density at radius 2 is 2.04 bits per heavy atom. The molecule has 2 aliphatic heterocycles. The summed E-state index contributed by atoms with van der Waals surface area (Å²) in [5, 5.41) is 3.92. The molecule has 1 unspecified atom stereocenters. The third-order valence-corrected chi connectivity index (χ3v) is 5.55. The van der Waals surface area contributed by atoms with Crippen molar-refractivity contribution in [3.8, 4) is 0 Å². The summed E-state index contributed by atoms with van der Waals surface area (Å²) >= 11 is -1.31. The molecule has 0 bridgehead atoms. The summed E-state index contributed by atoms with van der Waals surface area (Å²) < 4.78 is 52.0. The fourth-order valence-corrected chi connectivity index (χ4v) is 3.73. The largest absolute Gasteiger partial charge is 0.593 e. The number of benzene rings is 1. The molecule has 9 heteroatoms. The average molecular weight is 371 g/mol. The quantitative estimate of drug-likeness (QED) is 0.829. The van der Waals surface area contributed by atoms with E-state index in [2.05, 4.69) is 16.9 Å². The van der Waals surface area contributed by atoms with E-state index in [4.69, 9.17) is 0 Å². The van der Waals surface area contributed by atoms with Crippen LogP contribution in [-0.2, 0) is 22.3 Å². The molecule has 2 heterocycles. The summed E-state index contributed by atoms with van der Waals surface area (Å²) in [6.45, 7) is 4.27. The van der Waals surface area contributed by atoms with Gasteiger partial charge in [-0.05, 0) is 31.6 Å². The number of aliphatic imine (C=N–C) groups is 1. The minimum atomic E-state index is -4.46. The van der Waals surface area contributed by atoms with Crippen molar-refractivity contribution < 1.29 is 22.5 Å². The van der Waals surface area contributed by atoms with Crippen LogP contribution in [-0.4, -0.2) is 39.2 Å². The van der Waals surface area contributed by atoms with E-state index in [1.165, 1.54) is 17.5 Å². The van der Waals surface area contributed by atoms with Gasteiger partial charge in [-0.2, -0.15) is 13.2 Å². The Morgan fingerprint density at radius 3 is 2.64 bits per heavy atom. The van der Waals surface area contributed by atoms with E-state index in [1.807, 2.05) is 0 Å². The van der Waals surface area contributed by atoms with Crippen LogP contribution >= 0.6 is 0 Å². The van der Waals surface area contributed by atoms with Crippen LogP contribution in [0.15, 0.2) is 41.2 Å². The van der Waals surface area contributed by atoms with Crippen LogP contribution in [0.2, 0.25) is 0 Å². The predicted molar refractivity (Wildman–Crippen MR) is 88.0 cm³/mol. The van der Waals surface area contributed by atoms with Crippen LogP contribution in [0.4, 0.5) is 13.2 Å². The molecule has 25 heavy (non-hydrogen) atoms. The van der Waals surface area contributed by atoms with Gasteiger partial charge in [-0.15, -0.1) is 4.31 Å². The zero-order valence-corrected chi connectivity index (χ0v) is 14.0. The first-order chi connectivity index (χ1) is 11.7. The predicted octanol–water partition coefficient (Wildman–Crippen LogP) is 2.22. The van der Waals surface area contributed by atoms with Crippen molar-refractivity contribution in [2.45, 2.75) is 24.6 Å². The molecule has 0 radical (unpaired) electrons. The maximum atomic E-state index is 12.9. The molecule has 1 aromatic carbocycles. The zero-order chi connectivity index (χ0) is 18.2. The van der Waals surface area contributed by atoms with E-state index in [0.29, 0.717) is 25.9 Å². The molecule has 1 spiro atoms. The first kappa shape index (κ1) is 18.0. The Balaban J connectivity index is 1.83. The summed E-state index contributed by atoms with van der Waals surface area (Å²) in [6.07, 6.45) is -3.77. The minimum absolute atomic E-state index is 0.148. The number of hydrogen-bond acceptors (Lipinski definition) is 4. The van der Waals surface area contributed by atoms with Crippen molar-refractivity contribution in [3.63, 3.8) is 0 Å². The molecule has 1 atom stereocenters. The van der Waals surface area contributed by atoms with E-state index in [9.17, 15) is 22.5 Å². The van der Waals surface area contributed by atoms with Gasteiger partial charge in [-0.25, -0.2) is 0 Å². The number of alkyl halides is 3. The molecule has 134 valence electrons. The second-order valence-electron chi connectivity index (χ2n) is 5.90. The molecule has 2 aliphatic rings. The van der Waals surface area contributed by atoms with Crippen LogP contribution in [0.3, 0.4) is 0 Å². The lowest BCUT2D eigenvalue weighted by atomic mass is 9.89. The topological polar surface area (TPSA) is 67.8 Å². The SMILES string of the molecule is C=C[S+]([O-])N1CCC2(CC1)N=C(c1cccc(C(F)(F)F)c1)NC2=O. The minimum Gasteiger partial charge on any atom is -0.593 e. The molecule has 0 aromatic heterocycles. The first-order valence-corrected chi connectivity index (χ1v) is 8.79. The van der Waals surface area contributed by atoms with Gasteiger partial charge >= 0.3 is 6.18 Å². The molecule has 5 nitrogen and oxygen atoms in total. The van der Waals surface area contributed by atoms with Gasteiger partial charge in [0.15, 0.2) is 0 Å². The Kier molecular flexibility index (Phi) is 4.65. The second kappa shape index (κ2) is 6.47. The van der Waals surface area contributed by atoms with Crippen molar-refractivity contribution >= 4 is 23.1 Å². The van der Waals surface area contributed by atoms with Gasteiger partial charge < -0.3 is 9.87 Å². The summed E-state index contributed by atoms with van der Waals surface area (Å²) in [5.74, 6) is -0.182. The summed E-state index contributed by atoms with van der Waals surface area (Å²) in [6, 6.07) is 4.71. The van der Waals surface area contributed by atoms with Crippen molar-refractivity contribution in [2.75, 3.05) is 13.1 Å². The number of carbonyl (C=O) groups is 1. The van der Waals surface area contributed by atoms with E-state index in [0.717, 1.165) is 12.1 Å². The third kappa shape index (κ3) is 3.44. The third-order valence-electron chi connectivity index (χ3n) is 4.39. The highest BCUT2D eigenvalue weighted by Crippen LogP contribution is 2.33. The summed E-state index contributed by atoms with van der Waals surface area (Å²) in [4.78, 5) is 16.8. The highest BCUT2D eigenvalue weighted by Gasteiger charge is 2.47. The van der Waals surface area contributed by atoms with E-state index in [-0.39, 0.29) is 17.3 Å². The van der Waals surface area contributed by atoms with E-state index >= 15 is 0 Å². The van der Waals surface area contributed by atoms with Crippen LogP contribution in [0.1, 0.15) is 24.0 Å². The molecular formula is C16H16F3N3O2S. The van der Waals surface area contributed by atoms with Gasteiger partial charge in [0.05, 0.1) is 16.9 Å². The monoisotopic (exact) mass is 371 g/mol. The zero-order valence-electron chi connectivity index (χ0n) is 13.2. The van der Waals surface area contributed by atoms with E-state index < -0.39 is 28.6 Å². The van der Waals surface area contributed by atoms with Gasteiger partial charge in [0.1, 0.15) is 16.8 Å². The number of nitrogens with zero attached hydrogens (tertiary/aromatic N) is 2. The number of nitrogens with one attached hydrogen (secondary N) is 1. The van der Waals surface area contributed by atoms with Crippen LogP contribution in [0.25, 0.3) is 0 Å². The lowest BCUT2D eigenvalue weighted by Gasteiger charge is -2.33. The molecule has 0 aliphatic carbocycles. The molecule has 1 aromatic rings. The summed E-state index contributed by atoms with van der Waals surface area (Å²) in [7, 11) is 0. The number of piperidine rings is 1. The second-order valence-corrected chi connectivity index (χ2v) is 7.30. The molecule has 1 fully saturated rings. The van der Waals surface area contributed by atoms with Crippen molar-refractivity contribution in [1.82, 2.24) is 9.62 Å². The molecule has 3 rings (SSSR count). The van der Waals surface area contributed by atoms with Gasteiger partial charge in [0.25, 0.3) is 5.91 Å². The van der Waals surface area contributed by atoms with Gasteiger partial charge in [0.2, 0.25) is 0 Å². The standard InChI is InChI=1S/C16H16F3N3O2S/c1-2-25(24)22-8-6-15(7-9-22)14(23)20-13(21-15)11-4-3-5-12(10-11)16(17,18)19/h2-5,10H,1,6-9H2,(H,20,21,23). The number of rotatable bonds is 3. The Bertz CT molecular complexity index is 728. The lowest BCUT2D eigenvalue weighted by Crippen LogP contribution is -2.50. The fourth-order valence-electron chi connectivity index (χ4n) is 2.98. The van der Waals surface area contributed by atoms with Crippen molar-refractivity contribution in [2.24, 2.45) is 4.99 Å². The molecule has 1 N–H and O–H groups in total. The lowest BCUT2D eigenvalue weighted by molar-refractivity contribution is -0.137. The van der Waals surface area contributed by atoms with Gasteiger partial charge in [-0.3, -0.25) is 9.79 Å². The van der Waals surface area contributed by atoms with Crippen LogP contribution in [0, 0.1) is 0 Å². The van der Waals surface area contributed by atoms with Gasteiger partial charge in [0, 0.05) is 18.7 Å². The van der Waals surface area contributed by atoms with E-state index in [1.54, 1.807) is 4.31 Å². The maximum absolute atomic E-state index is 12.9. The Hall–Kier alpha value is -1.84. The summed E-state index contributed by atoms with van der Waals surface area (Å²) in [5.41, 5.74) is -1.58. The number of amidine groups is 1. The maximum Gasteiger partial charge on any atom is 0.416 e. The highest BCUT2D eigenvalue weighted by atomic mass is 32.2. The number of halogens is 3. The number of carbonyl (C=O) groups excluding carboxylic acids is 1. The fraction of sp³-hybridized carbons (Fsp3) is 0.375. The number of amides is 1. The molecule has 0 saturated carbocycles. The molecular weight excluding hydrogens is 355 g/mol. The smallest absolute Gasteiger partial charge is 0.416 e. The Labute approximate surface area is 145 Å². The van der Waals surface area contributed by atoms with Crippen molar-refractivity contribution in [1.29, 1.82) is 0 Å². The van der Waals surface area contributed by atoms with Crippen LogP contribution < -0.4 is 5.32 Å². The normalized spacial score (nSPS) is 21.8. The van der Waals surface area contributed by atoms with Gasteiger partial charge in [-0.1, -0.05) is 12.1 Å². The molecule has 1 saturated heterocycles. The number of hydrogen-bond donors (Lipinski definition) is 1. The van der Waals surface area contributed by atoms with Crippen LogP contribution in [0.5, 0.6) is 0 Å². The van der Waals surface area contributed by atoms with Crippen molar-refractivity contribution in [3.05, 3.63) is 47.4 Å².